The molecule has 1 aliphatic heterocycles. The van der Waals surface area contributed by atoms with E-state index in [1.165, 1.54) is 6.08 Å². The molecule has 1 N–H and O–H groups in total. The van der Waals surface area contributed by atoms with Crippen LogP contribution in [0, 0.1) is 17.8 Å². The van der Waals surface area contributed by atoms with Crippen molar-refractivity contribution in [2.45, 2.75) is 25.7 Å². The lowest BCUT2D eigenvalue weighted by Crippen LogP contribution is -2.40. The number of imide groups is 3. The molecule has 1 fully saturated rings. The number of ketones is 2. The Bertz CT molecular complexity index is 1300. The number of Topliss-reactive ketones (excluding diaryl/α,β-unsaturated/α-hetero) is 1. The third kappa shape index (κ3) is 3.45. The Morgan fingerprint density at radius 2 is 1.86 bits per heavy atom. The molecule has 0 bridgehead atoms. The van der Waals surface area contributed by atoms with E-state index in [1.807, 2.05) is 6.08 Å². The summed E-state index contributed by atoms with van der Waals surface area (Å²) >= 11 is 0. The Morgan fingerprint density at radius 1 is 1.11 bits per heavy atom. The molecule has 1 saturated heterocycles. The summed E-state index contributed by atoms with van der Waals surface area (Å²) in [6.07, 6.45) is 2.49. The third-order valence-corrected chi connectivity index (χ3v) is 7.50. The van der Waals surface area contributed by atoms with Gasteiger partial charge >= 0.3 is 6.09 Å². The molecule has 0 saturated carbocycles. The Labute approximate surface area is 207 Å². The van der Waals surface area contributed by atoms with E-state index < -0.39 is 41.6 Å². The number of allylic oxidation sites excluding steroid dienone is 6. The van der Waals surface area contributed by atoms with Crippen LogP contribution in [0.15, 0.2) is 58.7 Å². The Kier molecular flexibility index (Phi) is 5.96. The van der Waals surface area contributed by atoms with Crippen LogP contribution in [-0.4, -0.2) is 59.8 Å². The molecule has 1 heterocycles. The molecule has 36 heavy (non-hydrogen) atoms. The zero-order chi connectivity index (χ0) is 25.7. The second-order valence-electron chi connectivity index (χ2n) is 9.32. The van der Waals surface area contributed by atoms with Crippen molar-refractivity contribution >= 4 is 29.5 Å². The molecular weight excluding hydrogens is 466 g/mol. The quantitative estimate of drug-likeness (QED) is 0.386. The monoisotopic (exact) mass is 491 g/mol. The van der Waals surface area contributed by atoms with Gasteiger partial charge in [-0.15, -0.1) is 0 Å². The van der Waals surface area contributed by atoms with Crippen LogP contribution in [-0.2, 0) is 23.9 Å². The number of fused-ring (bicyclic) bond motifs is 3. The van der Waals surface area contributed by atoms with Crippen molar-refractivity contribution in [3.63, 3.8) is 0 Å². The molecule has 9 nitrogen and oxygen atoms in total. The number of rotatable bonds is 4. The summed E-state index contributed by atoms with van der Waals surface area (Å²) in [6.45, 7) is 1.41. The normalized spacial score (nSPS) is 27.2. The predicted octanol–water partition coefficient (Wildman–Crippen LogP) is 2.25. The van der Waals surface area contributed by atoms with Crippen molar-refractivity contribution in [1.29, 1.82) is 0 Å². The number of hydrogen-bond donors (Lipinski definition) is 1. The van der Waals surface area contributed by atoms with Crippen molar-refractivity contribution in [2.24, 2.45) is 17.8 Å². The second kappa shape index (κ2) is 8.98. The van der Waals surface area contributed by atoms with Gasteiger partial charge in [0.15, 0.2) is 11.6 Å². The summed E-state index contributed by atoms with van der Waals surface area (Å²) in [5.74, 6) is -4.21. The first-order valence-corrected chi connectivity index (χ1v) is 11.8. The Morgan fingerprint density at radius 3 is 2.58 bits per heavy atom. The fraction of sp³-hybridized carbons (Fsp3) is 0.370. The van der Waals surface area contributed by atoms with Gasteiger partial charge in [0, 0.05) is 28.2 Å². The van der Waals surface area contributed by atoms with Gasteiger partial charge in [-0.3, -0.25) is 19.2 Å². The predicted molar refractivity (Wildman–Crippen MR) is 125 cm³/mol. The number of para-hydroxylation sites is 1. The van der Waals surface area contributed by atoms with E-state index in [-0.39, 0.29) is 37.6 Å². The molecule has 4 atom stereocenters. The minimum atomic E-state index is -1.03. The molecule has 4 aliphatic rings. The molecule has 0 radical (unpaired) electrons. The van der Waals surface area contributed by atoms with E-state index >= 15 is 0 Å². The summed E-state index contributed by atoms with van der Waals surface area (Å²) < 4.78 is 10.4. The topological polar surface area (TPSA) is 127 Å². The lowest BCUT2D eigenvalue weighted by molar-refractivity contribution is -0.137. The molecule has 186 valence electrons. The number of carbonyl (C=O) groups is 5. The molecule has 3 amide bonds. The maximum Gasteiger partial charge on any atom is 0.423 e. The summed E-state index contributed by atoms with van der Waals surface area (Å²) in [6, 6.07) is 7.07. The number of methoxy groups -OCH3 is 1. The lowest BCUT2D eigenvalue weighted by Gasteiger charge is -2.42. The number of likely N-dealkylation sites (tertiary alicyclic amines) is 1. The van der Waals surface area contributed by atoms with E-state index in [1.54, 1.807) is 31.2 Å². The van der Waals surface area contributed by atoms with Crippen molar-refractivity contribution in [3.05, 3.63) is 64.3 Å². The van der Waals surface area contributed by atoms with E-state index in [0.29, 0.717) is 32.9 Å². The second-order valence-corrected chi connectivity index (χ2v) is 9.32. The number of aliphatic hydroxyl groups is 1. The first-order valence-electron chi connectivity index (χ1n) is 11.8. The van der Waals surface area contributed by atoms with Crippen LogP contribution < -0.4 is 4.74 Å². The maximum absolute atomic E-state index is 13.4. The van der Waals surface area contributed by atoms with Gasteiger partial charge in [-0.25, -0.2) is 4.79 Å². The summed E-state index contributed by atoms with van der Waals surface area (Å²) in [5.41, 5.74) is 2.35. The molecular formula is C27H25NO8. The van der Waals surface area contributed by atoms with Gasteiger partial charge in [0.1, 0.15) is 12.4 Å². The summed E-state index contributed by atoms with van der Waals surface area (Å²) in [7, 11) is 1.10. The van der Waals surface area contributed by atoms with Gasteiger partial charge in [-0.1, -0.05) is 29.8 Å². The Hall–Kier alpha value is -3.85. The molecule has 0 unspecified atom stereocenters. The number of benzene rings is 1. The van der Waals surface area contributed by atoms with Gasteiger partial charge < -0.3 is 14.6 Å². The van der Waals surface area contributed by atoms with Gasteiger partial charge in [0.2, 0.25) is 11.8 Å². The van der Waals surface area contributed by atoms with Crippen LogP contribution in [0.5, 0.6) is 5.75 Å². The number of nitrogens with zero attached hydrogens (tertiary/aromatic N) is 1. The highest BCUT2D eigenvalue weighted by atomic mass is 16.5. The van der Waals surface area contributed by atoms with Crippen LogP contribution in [0.1, 0.15) is 31.2 Å². The number of amides is 3. The van der Waals surface area contributed by atoms with E-state index in [2.05, 4.69) is 4.74 Å². The SMILES string of the molecule is COC(=O)N1C(=O)[C@H]2[C@H](CC=C3[C@H](c4ccccc4OCCO)C4=C(C[C@H]32)C(=O)C(C)=CC4=O)C1=O. The molecule has 5 rings (SSSR count). The highest BCUT2D eigenvalue weighted by Crippen LogP contribution is 2.56. The summed E-state index contributed by atoms with van der Waals surface area (Å²) in [5, 5.41) is 9.29. The van der Waals surface area contributed by atoms with Crippen LogP contribution in [0.3, 0.4) is 0 Å². The van der Waals surface area contributed by atoms with Crippen molar-refractivity contribution < 1.29 is 38.6 Å². The largest absolute Gasteiger partial charge is 0.491 e. The highest BCUT2D eigenvalue weighted by Gasteiger charge is 2.58. The molecule has 1 aromatic rings. The number of aliphatic hydroxyl groups excluding tert-OH is 1. The summed E-state index contributed by atoms with van der Waals surface area (Å²) in [4.78, 5) is 65.7. The maximum atomic E-state index is 13.4. The van der Waals surface area contributed by atoms with Crippen molar-refractivity contribution in [1.82, 2.24) is 4.90 Å². The average molecular weight is 491 g/mol. The fourth-order valence-electron chi connectivity index (χ4n) is 6.01. The van der Waals surface area contributed by atoms with Gasteiger partial charge in [-0.2, -0.15) is 4.90 Å². The highest BCUT2D eigenvalue weighted by molar-refractivity contribution is 6.24. The van der Waals surface area contributed by atoms with Crippen LogP contribution in [0.4, 0.5) is 4.79 Å². The molecule has 3 aliphatic carbocycles. The van der Waals surface area contributed by atoms with Crippen molar-refractivity contribution in [2.75, 3.05) is 20.3 Å². The molecule has 0 spiro atoms. The zero-order valence-electron chi connectivity index (χ0n) is 19.9. The van der Waals surface area contributed by atoms with E-state index in [9.17, 15) is 29.1 Å². The molecule has 1 aromatic carbocycles. The van der Waals surface area contributed by atoms with E-state index in [0.717, 1.165) is 12.7 Å². The van der Waals surface area contributed by atoms with Gasteiger partial charge in [0.05, 0.1) is 25.6 Å². The minimum Gasteiger partial charge on any atom is -0.491 e. The zero-order valence-corrected chi connectivity index (χ0v) is 19.9. The smallest absolute Gasteiger partial charge is 0.423 e. The number of carbonyl (C=O) groups excluding carboxylic acids is 5. The van der Waals surface area contributed by atoms with E-state index in [4.69, 9.17) is 4.74 Å². The third-order valence-electron chi connectivity index (χ3n) is 7.50. The Balaban J connectivity index is 1.68. The van der Waals surface area contributed by atoms with Gasteiger partial charge in [-0.05, 0) is 37.8 Å². The van der Waals surface area contributed by atoms with Gasteiger partial charge in [0.25, 0.3) is 0 Å². The van der Waals surface area contributed by atoms with Crippen LogP contribution >= 0.6 is 0 Å². The number of ether oxygens (including phenoxy) is 2. The minimum absolute atomic E-state index is 0.0375. The standard InChI is InChI=1S/C27H25NO8/c1-13-11-19(30)23-18(24(13)31)12-17-14(21(23)15-5-3-4-6-20(15)36-10-9-29)7-8-16-22(17)26(33)28(25(16)32)27(34)35-2/h3-7,11,16-17,21-22,29H,8-10,12H2,1-2H3/t16-,17+,21+,22-/m0/s1. The first kappa shape index (κ1) is 23.9. The van der Waals surface area contributed by atoms with Crippen molar-refractivity contribution in [3.8, 4) is 5.75 Å². The fourth-order valence-corrected chi connectivity index (χ4v) is 6.01. The lowest BCUT2D eigenvalue weighted by atomic mass is 9.59. The molecule has 9 heteroatoms. The van der Waals surface area contributed by atoms with Crippen LogP contribution in [0.2, 0.25) is 0 Å². The average Bonchev–Trinajstić information content (AvgIpc) is 3.14. The molecule has 0 aromatic heterocycles. The van der Waals surface area contributed by atoms with Crippen LogP contribution in [0.25, 0.3) is 0 Å². The number of hydrogen-bond acceptors (Lipinski definition) is 8. The first-order chi connectivity index (χ1) is 17.3.